The zero-order chi connectivity index (χ0) is 29.0. The Balaban J connectivity index is 1.37. The molecule has 0 saturated carbocycles. The number of thiophene rings is 1. The van der Waals surface area contributed by atoms with Crippen molar-refractivity contribution in [3.63, 3.8) is 0 Å². The van der Waals surface area contributed by atoms with Crippen LogP contribution in [0.5, 0.6) is 0 Å². The lowest BCUT2D eigenvalue weighted by atomic mass is 9.89. The third-order valence-corrected chi connectivity index (χ3v) is 9.77. The molecule has 0 fully saturated rings. The number of furan rings is 1. The molecular formula is C42H26OS. The lowest BCUT2D eigenvalue weighted by molar-refractivity contribution is 0.669. The van der Waals surface area contributed by atoms with Gasteiger partial charge in [0.05, 0.1) is 0 Å². The van der Waals surface area contributed by atoms with E-state index in [0.717, 1.165) is 16.6 Å². The minimum Gasteiger partial charge on any atom is -0.456 e. The van der Waals surface area contributed by atoms with Gasteiger partial charge in [0.15, 0.2) is 0 Å². The van der Waals surface area contributed by atoms with E-state index in [4.69, 9.17) is 4.42 Å². The predicted octanol–water partition coefficient (Wildman–Crippen LogP) is 12.6. The molecule has 0 spiro atoms. The van der Waals surface area contributed by atoms with Crippen LogP contribution in [-0.2, 0) is 0 Å². The Kier molecular flexibility index (Phi) is 5.75. The average molecular weight is 579 g/mol. The zero-order valence-electron chi connectivity index (χ0n) is 23.8. The highest BCUT2D eigenvalue weighted by atomic mass is 32.1. The summed E-state index contributed by atoms with van der Waals surface area (Å²) in [5.41, 5.74) is 11.5. The van der Waals surface area contributed by atoms with E-state index in [-0.39, 0.29) is 0 Å². The number of hydrogen-bond donors (Lipinski definition) is 0. The standard InChI is InChI=1S/C42H26OS/c1-3-12-27(13-4-1)29-22-30(28-14-5-2-6-15-28)24-31(23-29)32-25-36(42-35-17-8-10-21-39(35)44-40(42)26-32)33-18-11-20-38-41(33)34-16-7-9-19-37(34)43-38/h1-26H. The summed E-state index contributed by atoms with van der Waals surface area (Å²) >= 11 is 1.87. The van der Waals surface area contributed by atoms with Crippen LogP contribution in [0.25, 0.3) is 86.6 Å². The van der Waals surface area contributed by atoms with E-state index < -0.39 is 0 Å². The highest BCUT2D eigenvalue weighted by Crippen LogP contribution is 2.46. The maximum atomic E-state index is 6.34. The van der Waals surface area contributed by atoms with Crippen LogP contribution in [-0.4, -0.2) is 0 Å². The second kappa shape index (κ2) is 10.1. The first kappa shape index (κ1) is 25.1. The Morgan fingerprint density at radius 3 is 1.64 bits per heavy atom. The number of para-hydroxylation sites is 1. The molecule has 2 aromatic heterocycles. The summed E-state index contributed by atoms with van der Waals surface area (Å²) in [6, 6.07) is 56.8. The van der Waals surface area contributed by atoms with Crippen molar-refractivity contribution in [2.24, 2.45) is 0 Å². The summed E-state index contributed by atoms with van der Waals surface area (Å²) < 4.78 is 8.93. The van der Waals surface area contributed by atoms with E-state index in [0.29, 0.717) is 0 Å². The molecule has 1 nitrogen and oxygen atoms in total. The fourth-order valence-corrected chi connectivity index (χ4v) is 7.79. The third-order valence-electron chi connectivity index (χ3n) is 8.65. The molecular weight excluding hydrogens is 553 g/mol. The number of rotatable bonds is 4. The minimum absolute atomic E-state index is 0.916. The summed E-state index contributed by atoms with van der Waals surface area (Å²) in [4.78, 5) is 0. The van der Waals surface area contributed by atoms with Crippen molar-refractivity contribution < 1.29 is 4.42 Å². The monoisotopic (exact) mass is 578 g/mol. The normalized spacial score (nSPS) is 11.6. The van der Waals surface area contributed by atoms with Gasteiger partial charge in [-0.05, 0) is 93.0 Å². The van der Waals surface area contributed by atoms with Crippen LogP contribution in [0.1, 0.15) is 0 Å². The molecule has 0 saturated heterocycles. The largest absolute Gasteiger partial charge is 0.456 e. The molecule has 0 bridgehead atoms. The van der Waals surface area contributed by atoms with Gasteiger partial charge in [-0.2, -0.15) is 0 Å². The van der Waals surface area contributed by atoms with Crippen molar-refractivity contribution >= 4 is 53.4 Å². The highest BCUT2D eigenvalue weighted by Gasteiger charge is 2.19. The van der Waals surface area contributed by atoms with Gasteiger partial charge >= 0.3 is 0 Å². The predicted molar refractivity (Wildman–Crippen MR) is 188 cm³/mol. The SMILES string of the molecule is c1ccc(-c2cc(-c3ccccc3)cc(-c3cc(-c4cccc5oc6ccccc6c45)c4c(c3)sc3ccccc34)c2)cc1. The molecule has 44 heavy (non-hydrogen) atoms. The molecule has 0 radical (unpaired) electrons. The summed E-state index contributed by atoms with van der Waals surface area (Å²) in [6.45, 7) is 0. The molecule has 7 aromatic carbocycles. The Morgan fingerprint density at radius 2 is 0.909 bits per heavy atom. The number of hydrogen-bond acceptors (Lipinski definition) is 2. The summed E-state index contributed by atoms with van der Waals surface area (Å²) in [6.07, 6.45) is 0. The molecule has 0 aliphatic heterocycles. The molecule has 9 aromatic rings. The second-order valence-corrected chi connectivity index (χ2v) is 12.4. The molecule has 2 heteroatoms. The molecule has 0 amide bonds. The van der Waals surface area contributed by atoms with Gasteiger partial charge in [0.2, 0.25) is 0 Å². The molecule has 0 N–H and O–H groups in total. The van der Waals surface area contributed by atoms with E-state index in [1.165, 1.54) is 70.1 Å². The summed E-state index contributed by atoms with van der Waals surface area (Å²) in [5.74, 6) is 0. The van der Waals surface area contributed by atoms with Crippen molar-refractivity contribution in [1.82, 2.24) is 0 Å². The van der Waals surface area contributed by atoms with E-state index >= 15 is 0 Å². The average Bonchev–Trinajstić information content (AvgIpc) is 3.67. The van der Waals surface area contributed by atoms with Crippen molar-refractivity contribution in [1.29, 1.82) is 0 Å². The maximum Gasteiger partial charge on any atom is 0.136 e. The quantitative estimate of drug-likeness (QED) is 0.202. The van der Waals surface area contributed by atoms with Gasteiger partial charge in [-0.15, -0.1) is 11.3 Å². The van der Waals surface area contributed by atoms with Crippen LogP contribution in [0.15, 0.2) is 162 Å². The van der Waals surface area contributed by atoms with Crippen LogP contribution in [0.3, 0.4) is 0 Å². The zero-order valence-corrected chi connectivity index (χ0v) is 24.6. The van der Waals surface area contributed by atoms with Gasteiger partial charge in [-0.1, -0.05) is 109 Å². The highest BCUT2D eigenvalue weighted by molar-refractivity contribution is 7.26. The molecule has 9 rings (SSSR count). The lowest BCUT2D eigenvalue weighted by Crippen LogP contribution is -1.88. The summed E-state index contributed by atoms with van der Waals surface area (Å²) in [5, 5.41) is 4.91. The fraction of sp³-hybridized carbons (Fsp3) is 0. The van der Waals surface area contributed by atoms with Gasteiger partial charge in [0, 0.05) is 30.9 Å². The van der Waals surface area contributed by atoms with Gasteiger partial charge in [0.1, 0.15) is 11.2 Å². The maximum absolute atomic E-state index is 6.34. The van der Waals surface area contributed by atoms with Gasteiger partial charge < -0.3 is 4.42 Å². The van der Waals surface area contributed by atoms with E-state index in [1.807, 2.05) is 17.4 Å². The first-order chi connectivity index (χ1) is 21.8. The van der Waals surface area contributed by atoms with Crippen molar-refractivity contribution in [2.45, 2.75) is 0 Å². The Morgan fingerprint density at radius 1 is 0.341 bits per heavy atom. The Hall–Kier alpha value is -5.44. The van der Waals surface area contributed by atoms with Crippen molar-refractivity contribution in [3.05, 3.63) is 158 Å². The van der Waals surface area contributed by atoms with Gasteiger partial charge in [0.25, 0.3) is 0 Å². The smallest absolute Gasteiger partial charge is 0.136 e. The first-order valence-corrected chi connectivity index (χ1v) is 15.7. The molecule has 206 valence electrons. The van der Waals surface area contributed by atoms with Crippen LogP contribution >= 0.6 is 11.3 Å². The van der Waals surface area contributed by atoms with E-state index in [9.17, 15) is 0 Å². The second-order valence-electron chi connectivity index (χ2n) is 11.3. The fourth-order valence-electron chi connectivity index (χ4n) is 6.62. The van der Waals surface area contributed by atoms with E-state index in [2.05, 4.69) is 152 Å². The van der Waals surface area contributed by atoms with E-state index in [1.54, 1.807) is 0 Å². The molecule has 0 aliphatic rings. The van der Waals surface area contributed by atoms with Crippen molar-refractivity contribution in [2.75, 3.05) is 0 Å². The minimum atomic E-state index is 0.916. The van der Waals surface area contributed by atoms with Crippen molar-refractivity contribution in [3.8, 4) is 44.5 Å². The third kappa shape index (κ3) is 4.07. The van der Waals surface area contributed by atoms with Crippen LogP contribution < -0.4 is 0 Å². The van der Waals surface area contributed by atoms with Crippen LogP contribution in [0.2, 0.25) is 0 Å². The Bertz CT molecular complexity index is 2420. The molecule has 0 unspecified atom stereocenters. The molecule has 0 aliphatic carbocycles. The van der Waals surface area contributed by atoms with Crippen LogP contribution in [0, 0.1) is 0 Å². The Labute approximate surface area is 259 Å². The summed E-state index contributed by atoms with van der Waals surface area (Å²) in [7, 11) is 0. The lowest BCUT2D eigenvalue weighted by Gasteiger charge is -2.14. The first-order valence-electron chi connectivity index (χ1n) is 14.9. The number of fused-ring (bicyclic) bond motifs is 6. The van der Waals surface area contributed by atoms with Crippen LogP contribution in [0.4, 0.5) is 0 Å². The number of benzene rings is 7. The molecule has 2 heterocycles. The van der Waals surface area contributed by atoms with Gasteiger partial charge in [-0.3, -0.25) is 0 Å². The topological polar surface area (TPSA) is 13.1 Å². The molecule has 0 atom stereocenters. The van der Waals surface area contributed by atoms with Gasteiger partial charge in [-0.25, -0.2) is 0 Å².